The highest BCUT2D eigenvalue weighted by Gasteiger charge is 2.21. The summed E-state index contributed by atoms with van der Waals surface area (Å²) >= 11 is 0. The third-order valence-electron chi connectivity index (χ3n) is 3.44. The molecule has 1 fully saturated rings. The molecule has 1 atom stereocenters. The largest absolute Gasteiger partial charge is 0.497 e. The highest BCUT2D eigenvalue weighted by Crippen LogP contribution is 2.20. The second-order valence-corrected chi connectivity index (χ2v) is 4.93. The first-order valence-corrected chi connectivity index (χ1v) is 6.80. The third-order valence-corrected chi connectivity index (χ3v) is 3.44. The summed E-state index contributed by atoms with van der Waals surface area (Å²) in [6.45, 7) is 1.77. The molecule has 4 nitrogen and oxygen atoms in total. The van der Waals surface area contributed by atoms with Crippen LogP contribution in [0.15, 0.2) is 24.3 Å². The van der Waals surface area contributed by atoms with Gasteiger partial charge in [-0.3, -0.25) is 4.79 Å². The lowest BCUT2D eigenvalue weighted by Crippen LogP contribution is -2.41. The predicted octanol–water partition coefficient (Wildman–Crippen LogP) is 2.52. The maximum absolute atomic E-state index is 12.0. The molecule has 0 radical (unpaired) electrons. The second-order valence-electron chi connectivity index (χ2n) is 4.93. The number of ether oxygens (including phenoxy) is 2. The number of hydrogen-bond donors (Lipinski definition) is 1. The van der Waals surface area contributed by atoms with Crippen molar-refractivity contribution in [3.8, 4) is 11.5 Å². The van der Waals surface area contributed by atoms with Gasteiger partial charge in [-0.05, 0) is 44.0 Å². The van der Waals surface area contributed by atoms with E-state index < -0.39 is 6.10 Å². The number of nitrogens with one attached hydrogen (secondary N) is 1. The van der Waals surface area contributed by atoms with Crippen molar-refractivity contribution in [3.63, 3.8) is 0 Å². The van der Waals surface area contributed by atoms with Gasteiger partial charge in [-0.25, -0.2) is 0 Å². The maximum Gasteiger partial charge on any atom is 0.260 e. The molecular weight excluding hydrogens is 242 g/mol. The fraction of sp³-hybridized carbons (Fsp3) is 0.533. The molecule has 1 saturated carbocycles. The minimum Gasteiger partial charge on any atom is -0.497 e. The topological polar surface area (TPSA) is 47.6 Å². The lowest BCUT2D eigenvalue weighted by molar-refractivity contribution is -0.127. The van der Waals surface area contributed by atoms with Gasteiger partial charge in [-0.2, -0.15) is 0 Å². The van der Waals surface area contributed by atoms with Crippen LogP contribution in [-0.2, 0) is 4.79 Å². The van der Waals surface area contributed by atoms with Crippen molar-refractivity contribution in [2.45, 2.75) is 44.8 Å². The Kier molecular flexibility index (Phi) is 4.66. The van der Waals surface area contributed by atoms with Crippen LogP contribution in [0.4, 0.5) is 0 Å². The molecule has 0 bridgehead atoms. The van der Waals surface area contributed by atoms with Gasteiger partial charge in [0, 0.05) is 6.04 Å². The number of carbonyl (C=O) groups excluding carboxylic acids is 1. The van der Waals surface area contributed by atoms with Gasteiger partial charge in [-0.15, -0.1) is 0 Å². The first-order chi connectivity index (χ1) is 9.19. The summed E-state index contributed by atoms with van der Waals surface area (Å²) in [7, 11) is 1.62. The average Bonchev–Trinajstić information content (AvgIpc) is 2.92. The molecule has 1 aliphatic carbocycles. The molecule has 0 saturated heterocycles. The molecule has 0 aliphatic heterocycles. The highest BCUT2D eigenvalue weighted by molar-refractivity contribution is 5.81. The van der Waals surface area contributed by atoms with Crippen molar-refractivity contribution >= 4 is 5.91 Å². The molecule has 0 spiro atoms. The lowest BCUT2D eigenvalue weighted by Gasteiger charge is -2.18. The molecule has 1 N–H and O–H groups in total. The molecule has 19 heavy (non-hydrogen) atoms. The first kappa shape index (κ1) is 13.7. The van der Waals surface area contributed by atoms with Gasteiger partial charge < -0.3 is 14.8 Å². The zero-order valence-corrected chi connectivity index (χ0v) is 11.5. The summed E-state index contributed by atoms with van der Waals surface area (Å²) < 4.78 is 10.7. The molecule has 104 valence electrons. The number of carbonyl (C=O) groups is 1. The van der Waals surface area contributed by atoms with Gasteiger partial charge in [-0.1, -0.05) is 12.8 Å². The van der Waals surface area contributed by atoms with Crippen molar-refractivity contribution < 1.29 is 14.3 Å². The van der Waals surface area contributed by atoms with Crippen molar-refractivity contribution in [1.82, 2.24) is 5.32 Å². The van der Waals surface area contributed by atoms with Crippen LogP contribution in [0.25, 0.3) is 0 Å². The summed E-state index contributed by atoms with van der Waals surface area (Å²) in [6, 6.07) is 7.57. The van der Waals surface area contributed by atoms with E-state index in [0.717, 1.165) is 18.6 Å². The minimum absolute atomic E-state index is 0.0391. The van der Waals surface area contributed by atoms with Gasteiger partial charge in [0.15, 0.2) is 6.10 Å². The van der Waals surface area contributed by atoms with Crippen molar-refractivity contribution in [2.24, 2.45) is 0 Å². The number of benzene rings is 1. The molecule has 1 unspecified atom stereocenters. The normalized spacial score (nSPS) is 16.9. The summed E-state index contributed by atoms with van der Waals surface area (Å²) in [4.78, 5) is 12.0. The Morgan fingerprint density at radius 1 is 1.21 bits per heavy atom. The zero-order valence-electron chi connectivity index (χ0n) is 11.5. The summed E-state index contributed by atoms with van der Waals surface area (Å²) in [5.74, 6) is 1.41. The van der Waals surface area contributed by atoms with E-state index in [-0.39, 0.29) is 5.91 Å². The fourth-order valence-electron chi connectivity index (χ4n) is 2.30. The number of amides is 1. The van der Waals surface area contributed by atoms with Gasteiger partial charge in [0.1, 0.15) is 11.5 Å². The molecule has 1 aromatic carbocycles. The standard InChI is InChI=1S/C15H21NO3/c1-11(15(17)16-12-5-3-4-6-12)19-14-9-7-13(18-2)8-10-14/h7-12H,3-6H2,1-2H3,(H,16,17). The summed E-state index contributed by atoms with van der Waals surface area (Å²) in [6.07, 6.45) is 4.10. The van der Waals surface area contributed by atoms with Crippen LogP contribution in [0, 0.1) is 0 Å². The Balaban J connectivity index is 1.84. The summed E-state index contributed by atoms with van der Waals surface area (Å²) in [5.41, 5.74) is 0. The molecule has 0 aromatic heterocycles. The van der Waals surface area contributed by atoms with E-state index in [1.165, 1.54) is 12.8 Å². The Hall–Kier alpha value is -1.71. The fourth-order valence-corrected chi connectivity index (χ4v) is 2.30. The first-order valence-electron chi connectivity index (χ1n) is 6.80. The predicted molar refractivity (Wildman–Crippen MR) is 73.5 cm³/mol. The Labute approximate surface area is 114 Å². The molecule has 4 heteroatoms. The van der Waals surface area contributed by atoms with Crippen LogP contribution >= 0.6 is 0 Å². The molecule has 1 aliphatic rings. The van der Waals surface area contributed by atoms with Crippen LogP contribution in [0.3, 0.4) is 0 Å². The molecule has 1 amide bonds. The monoisotopic (exact) mass is 263 g/mol. The Morgan fingerprint density at radius 3 is 2.37 bits per heavy atom. The van der Waals surface area contributed by atoms with Gasteiger partial charge in [0.05, 0.1) is 7.11 Å². The van der Waals surface area contributed by atoms with Crippen LogP contribution in [0.5, 0.6) is 11.5 Å². The van der Waals surface area contributed by atoms with E-state index in [1.54, 1.807) is 26.2 Å². The molecule has 2 rings (SSSR count). The molecular formula is C15H21NO3. The van der Waals surface area contributed by atoms with Crippen LogP contribution < -0.4 is 14.8 Å². The van der Waals surface area contributed by atoms with E-state index in [1.807, 2.05) is 12.1 Å². The van der Waals surface area contributed by atoms with E-state index in [4.69, 9.17) is 9.47 Å². The third kappa shape index (κ3) is 3.88. The van der Waals surface area contributed by atoms with E-state index in [0.29, 0.717) is 11.8 Å². The molecule has 0 heterocycles. The molecule has 1 aromatic rings. The number of methoxy groups -OCH3 is 1. The van der Waals surface area contributed by atoms with Gasteiger partial charge >= 0.3 is 0 Å². The lowest BCUT2D eigenvalue weighted by atomic mass is 10.2. The van der Waals surface area contributed by atoms with Crippen LogP contribution in [-0.4, -0.2) is 25.2 Å². The maximum atomic E-state index is 12.0. The van der Waals surface area contributed by atoms with Crippen molar-refractivity contribution in [3.05, 3.63) is 24.3 Å². The van der Waals surface area contributed by atoms with Crippen LogP contribution in [0.2, 0.25) is 0 Å². The van der Waals surface area contributed by atoms with Gasteiger partial charge in [0.25, 0.3) is 5.91 Å². The zero-order chi connectivity index (χ0) is 13.7. The number of hydrogen-bond acceptors (Lipinski definition) is 3. The van der Waals surface area contributed by atoms with E-state index in [9.17, 15) is 4.79 Å². The van der Waals surface area contributed by atoms with E-state index in [2.05, 4.69) is 5.32 Å². The van der Waals surface area contributed by atoms with Crippen molar-refractivity contribution in [2.75, 3.05) is 7.11 Å². The Morgan fingerprint density at radius 2 is 1.79 bits per heavy atom. The highest BCUT2D eigenvalue weighted by atomic mass is 16.5. The Bertz CT molecular complexity index is 410. The van der Waals surface area contributed by atoms with Crippen LogP contribution in [0.1, 0.15) is 32.6 Å². The SMILES string of the molecule is COc1ccc(OC(C)C(=O)NC2CCCC2)cc1. The quantitative estimate of drug-likeness (QED) is 0.888. The van der Waals surface area contributed by atoms with Gasteiger partial charge in [0.2, 0.25) is 0 Å². The smallest absolute Gasteiger partial charge is 0.260 e. The number of rotatable bonds is 5. The summed E-state index contributed by atoms with van der Waals surface area (Å²) in [5, 5.41) is 3.03. The van der Waals surface area contributed by atoms with E-state index >= 15 is 0 Å². The average molecular weight is 263 g/mol. The minimum atomic E-state index is -0.478. The van der Waals surface area contributed by atoms with Crippen molar-refractivity contribution in [1.29, 1.82) is 0 Å². The second kappa shape index (κ2) is 6.45.